The molecule has 0 aliphatic heterocycles. The van der Waals surface area contributed by atoms with Crippen LogP contribution in [0.5, 0.6) is 11.5 Å². The number of carboxylic acids is 1. The van der Waals surface area contributed by atoms with E-state index >= 15 is 0 Å². The molecule has 1 atom stereocenters. The summed E-state index contributed by atoms with van der Waals surface area (Å²) in [6.07, 6.45) is 0.327. The predicted molar refractivity (Wildman–Crippen MR) is 165 cm³/mol. The predicted octanol–water partition coefficient (Wildman–Crippen LogP) is 6.69. The number of rotatable bonds is 14. The van der Waals surface area contributed by atoms with Crippen LogP contribution in [0.15, 0.2) is 97.1 Å². The van der Waals surface area contributed by atoms with Crippen LogP contribution in [0, 0.1) is 13.8 Å². The minimum Gasteiger partial charge on any atom is -0.489 e. The minimum absolute atomic E-state index is 0. The van der Waals surface area contributed by atoms with Crippen LogP contribution in [-0.4, -0.2) is 28.6 Å². The summed E-state index contributed by atoms with van der Waals surface area (Å²) in [5.74, 6) is 0.616. The normalized spacial score (nSPS) is 11.5. The zero-order chi connectivity index (χ0) is 28.3. The standard InChI is InChI=1S/C34H38N2O4.ClH/c1-25-9-7-11-27(19-25)23-39-32-15-5-3-13-29(32)21-36(18-17-31(35)34(37)38)22-30-14-4-6-16-33(30)40-24-28-12-8-10-26(2)20-28;/h3-16,19-20,31H,17-18,21-24,35H2,1-2H3,(H,37,38);1H/t31-;/m1./s1. The van der Waals surface area contributed by atoms with E-state index in [0.717, 1.165) is 33.8 Å². The summed E-state index contributed by atoms with van der Waals surface area (Å²) in [5.41, 5.74) is 12.5. The fraction of sp³-hybridized carbons (Fsp3) is 0.265. The van der Waals surface area contributed by atoms with Crippen molar-refractivity contribution in [2.75, 3.05) is 6.54 Å². The summed E-state index contributed by atoms with van der Waals surface area (Å²) >= 11 is 0. The van der Waals surface area contributed by atoms with E-state index in [1.54, 1.807) is 0 Å². The van der Waals surface area contributed by atoms with E-state index in [4.69, 9.17) is 15.2 Å². The van der Waals surface area contributed by atoms with E-state index in [1.165, 1.54) is 11.1 Å². The minimum atomic E-state index is -0.997. The number of aryl methyl sites for hydroxylation is 2. The van der Waals surface area contributed by atoms with Crippen molar-refractivity contribution in [3.05, 3.63) is 130 Å². The highest BCUT2D eigenvalue weighted by molar-refractivity contribution is 5.85. The Morgan fingerprint density at radius 2 is 1.22 bits per heavy atom. The van der Waals surface area contributed by atoms with Crippen LogP contribution in [0.4, 0.5) is 0 Å². The van der Waals surface area contributed by atoms with Gasteiger partial charge >= 0.3 is 5.97 Å². The Morgan fingerprint density at radius 1 is 0.756 bits per heavy atom. The Hall–Kier alpha value is -3.84. The average Bonchev–Trinajstić information content (AvgIpc) is 2.95. The quantitative estimate of drug-likeness (QED) is 0.175. The van der Waals surface area contributed by atoms with Crippen molar-refractivity contribution in [3.63, 3.8) is 0 Å². The first kappa shape index (κ1) is 31.7. The second-order valence-corrected chi connectivity index (χ2v) is 10.2. The Morgan fingerprint density at radius 3 is 1.66 bits per heavy atom. The largest absolute Gasteiger partial charge is 0.489 e. The molecule has 4 aromatic rings. The summed E-state index contributed by atoms with van der Waals surface area (Å²) in [4.78, 5) is 13.6. The Kier molecular flexibility index (Phi) is 12.2. The molecule has 6 nitrogen and oxygen atoms in total. The van der Waals surface area contributed by atoms with E-state index in [2.05, 4.69) is 67.3 Å². The smallest absolute Gasteiger partial charge is 0.320 e. The van der Waals surface area contributed by atoms with Gasteiger partial charge in [0.15, 0.2) is 0 Å². The number of carboxylic acid groups (broad SMARTS) is 1. The molecule has 216 valence electrons. The third-order valence-electron chi connectivity index (χ3n) is 6.76. The highest BCUT2D eigenvalue weighted by Crippen LogP contribution is 2.26. The van der Waals surface area contributed by atoms with Crippen molar-refractivity contribution in [3.8, 4) is 11.5 Å². The lowest BCUT2D eigenvalue weighted by molar-refractivity contribution is -0.138. The van der Waals surface area contributed by atoms with Gasteiger partial charge in [0.2, 0.25) is 0 Å². The zero-order valence-corrected chi connectivity index (χ0v) is 24.5. The Balaban J connectivity index is 0.00000462. The van der Waals surface area contributed by atoms with E-state index in [-0.39, 0.29) is 12.4 Å². The van der Waals surface area contributed by atoms with Gasteiger partial charge in [-0.1, -0.05) is 96.1 Å². The van der Waals surface area contributed by atoms with Crippen molar-refractivity contribution in [2.24, 2.45) is 5.73 Å². The van der Waals surface area contributed by atoms with Crippen LogP contribution in [-0.2, 0) is 31.1 Å². The molecule has 0 amide bonds. The van der Waals surface area contributed by atoms with Gasteiger partial charge in [0.1, 0.15) is 30.8 Å². The molecule has 4 rings (SSSR count). The van der Waals surface area contributed by atoms with Crippen LogP contribution >= 0.6 is 12.4 Å². The number of hydrogen-bond donors (Lipinski definition) is 2. The summed E-state index contributed by atoms with van der Waals surface area (Å²) < 4.78 is 12.5. The number of carbonyl (C=O) groups is 1. The van der Waals surface area contributed by atoms with Crippen molar-refractivity contribution in [2.45, 2.75) is 52.6 Å². The van der Waals surface area contributed by atoms with Crippen LogP contribution in [0.25, 0.3) is 0 Å². The molecule has 0 saturated heterocycles. The molecule has 7 heteroatoms. The first-order valence-corrected chi connectivity index (χ1v) is 13.6. The van der Waals surface area contributed by atoms with Gasteiger partial charge in [0.25, 0.3) is 0 Å². The third kappa shape index (κ3) is 9.94. The second kappa shape index (κ2) is 15.8. The molecule has 0 saturated carbocycles. The Bertz CT molecular complexity index is 1320. The van der Waals surface area contributed by atoms with Crippen molar-refractivity contribution < 1.29 is 19.4 Å². The summed E-state index contributed by atoms with van der Waals surface area (Å²) in [6, 6.07) is 31.6. The molecule has 3 N–H and O–H groups in total. The molecule has 0 unspecified atom stereocenters. The molecule has 0 aromatic heterocycles. The lowest BCUT2D eigenvalue weighted by Gasteiger charge is -2.25. The lowest BCUT2D eigenvalue weighted by Crippen LogP contribution is -2.35. The van der Waals surface area contributed by atoms with Gasteiger partial charge < -0.3 is 20.3 Å². The van der Waals surface area contributed by atoms with Gasteiger partial charge in [0.05, 0.1) is 0 Å². The highest BCUT2D eigenvalue weighted by Gasteiger charge is 2.18. The van der Waals surface area contributed by atoms with Gasteiger partial charge in [0, 0.05) is 30.8 Å². The van der Waals surface area contributed by atoms with E-state index < -0.39 is 12.0 Å². The molecular formula is C34H39ClN2O4. The first-order chi connectivity index (χ1) is 19.4. The zero-order valence-electron chi connectivity index (χ0n) is 23.7. The number of hydrogen-bond acceptors (Lipinski definition) is 5. The van der Waals surface area contributed by atoms with Gasteiger partial charge in [-0.15, -0.1) is 12.4 Å². The molecule has 0 fully saturated rings. The number of benzene rings is 4. The molecule has 0 bridgehead atoms. The van der Waals surface area contributed by atoms with E-state index in [1.807, 2.05) is 48.5 Å². The molecule has 0 aliphatic carbocycles. The maximum Gasteiger partial charge on any atom is 0.320 e. The molecule has 0 spiro atoms. The molecule has 0 radical (unpaired) electrons. The van der Waals surface area contributed by atoms with Crippen LogP contribution in [0.2, 0.25) is 0 Å². The molecule has 0 heterocycles. The fourth-order valence-electron chi connectivity index (χ4n) is 4.62. The monoisotopic (exact) mass is 574 g/mol. The highest BCUT2D eigenvalue weighted by atomic mass is 35.5. The maximum atomic E-state index is 11.4. The summed E-state index contributed by atoms with van der Waals surface area (Å²) in [6.45, 7) is 6.73. The first-order valence-electron chi connectivity index (χ1n) is 13.6. The van der Waals surface area contributed by atoms with Crippen LogP contribution in [0.3, 0.4) is 0 Å². The molecular weight excluding hydrogens is 536 g/mol. The van der Waals surface area contributed by atoms with Crippen LogP contribution in [0.1, 0.15) is 39.8 Å². The molecule has 4 aromatic carbocycles. The summed E-state index contributed by atoms with van der Waals surface area (Å²) in [7, 11) is 0. The van der Waals surface area contributed by atoms with Gasteiger partial charge in [-0.25, -0.2) is 0 Å². The molecule has 41 heavy (non-hydrogen) atoms. The van der Waals surface area contributed by atoms with Crippen molar-refractivity contribution in [1.82, 2.24) is 4.90 Å². The number of para-hydroxylation sites is 2. The van der Waals surface area contributed by atoms with Crippen molar-refractivity contribution in [1.29, 1.82) is 0 Å². The van der Waals surface area contributed by atoms with Gasteiger partial charge in [-0.05, 0) is 43.5 Å². The van der Waals surface area contributed by atoms with Gasteiger partial charge in [-0.2, -0.15) is 0 Å². The summed E-state index contributed by atoms with van der Waals surface area (Å²) in [5, 5.41) is 9.37. The topological polar surface area (TPSA) is 85.0 Å². The lowest BCUT2D eigenvalue weighted by atomic mass is 10.1. The number of aliphatic carboxylic acids is 1. The number of nitrogens with two attached hydrogens (primary N) is 1. The van der Waals surface area contributed by atoms with Crippen molar-refractivity contribution >= 4 is 18.4 Å². The SMILES string of the molecule is Cc1cccc(COc2ccccc2CN(CC[C@@H](N)C(=O)O)Cc2ccccc2OCc2cccc(C)c2)c1.Cl. The Labute approximate surface area is 249 Å². The van der Waals surface area contributed by atoms with E-state index in [9.17, 15) is 9.90 Å². The fourth-order valence-corrected chi connectivity index (χ4v) is 4.62. The third-order valence-corrected chi connectivity index (χ3v) is 6.76. The maximum absolute atomic E-state index is 11.4. The van der Waals surface area contributed by atoms with Gasteiger partial charge in [-0.3, -0.25) is 9.69 Å². The number of ether oxygens (including phenoxy) is 2. The van der Waals surface area contributed by atoms with E-state index in [0.29, 0.717) is 39.3 Å². The van der Waals surface area contributed by atoms with Crippen LogP contribution < -0.4 is 15.2 Å². The number of nitrogens with zero attached hydrogens (tertiary/aromatic N) is 1. The molecule has 0 aliphatic rings. The average molecular weight is 575 g/mol. The number of halogens is 1. The second-order valence-electron chi connectivity index (χ2n) is 10.2.